The molecule has 1 aliphatic carbocycles. The topological polar surface area (TPSA) is 52.6 Å². The summed E-state index contributed by atoms with van der Waals surface area (Å²) in [5.41, 5.74) is 0.877. The molecule has 4 unspecified atom stereocenters. The Morgan fingerprint density at radius 1 is 1.29 bits per heavy atom. The van der Waals surface area contributed by atoms with Gasteiger partial charge in [0.25, 0.3) is 0 Å². The van der Waals surface area contributed by atoms with E-state index in [9.17, 15) is 14.3 Å². The fourth-order valence-corrected chi connectivity index (χ4v) is 3.30. The van der Waals surface area contributed by atoms with E-state index < -0.39 is 0 Å². The van der Waals surface area contributed by atoms with Crippen LogP contribution in [0.5, 0.6) is 0 Å². The lowest BCUT2D eigenvalue weighted by molar-refractivity contribution is -0.126. The van der Waals surface area contributed by atoms with Crippen LogP contribution in [-0.4, -0.2) is 41.7 Å². The number of carbonyl (C=O) groups excluding carboxylic acids is 1. The maximum absolute atomic E-state index is 13.0. The third-order valence-electron chi connectivity index (χ3n) is 5.16. The number of aliphatic hydroxyl groups excluding tert-OH is 1. The van der Waals surface area contributed by atoms with Gasteiger partial charge in [0, 0.05) is 6.54 Å². The van der Waals surface area contributed by atoms with Gasteiger partial charge in [-0.15, -0.1) is 0 Å². The summed E-state index contributed by atoms with van der Waals surface area (Å²) in [6.07, 6.45) is 3.87. The molecule has 1 aromatic rings. The summed E-state index contributed by atoms with van der Waals surface area (Å²) in [5.74, 6) is -0.0930. The zero-order valence-corrected chi connectivity index (χ0v) is 14.8. The van der Waals surface area contributed by atoms with Crippen LogP contribution in [-0.2, 0) is 4.79 Å². The van der Waals surface area contributed by atoms with E-state index in [4.69, 9.17) is 0 Å². The molecular weight excluding hydrogens is 307 g/mol. The van der Waals surface area contributed by atoms with E-state index in [2.05, 4.69) is 5.32 Å². The second kappa shape index (κ2) is 8.58. The standard InChI is InChI=1S/C19H29FN2O2/c1-13(15-8-10-17(20)11-9-15)21-19(24)14(2)22(3)12-16-6-4-5-7-18(16)23/h8-11,13-14,16,18,23H,4-7,12H2,1-3H3,(H,21,24). The van der Waals surface area contributed by atoms with Crippen molar-refractivity contribution >= 4 is 5.91 Å². The minimum absolute atomic E-state index is 0.0559. The third kappa shape index (κ3) is 5.02. The molecule has 1 aliphatic rings. The number of benzene rings is 1. The Balaban J connectivity index is 1.87. The number of likely N-dealkylation sites (N-methyl/N-ethyl adjacent to an activating group) is 1. The molecule has 0 aromatic heterocycles. The van der Waals surface area contributed by atoms with Gasteiger partial charge in [0.05, 0.1) is 18.2 Å². The first kappa shape index (κ1) is 18.9. The lowest BCUT2D eigenvalue weighted by Gasteiger charge is -2.33. The molecule has 0 bridgehead atoms. The third-order valence-corrected chi connectivity index (χ3v) is 5.16. The maximum Gasteiger partial charge on any atom is 0.237 e. The van der Waals surface area contributed by atoms with Crippen molar-refractivity contribution in [2.75, 3.05) is 13.6 Å². The van der Waals surface area contributed by atoms with Crippen molar-refractivity contribution in [1.82, 2.24) is 10.2 Å². The van der Waals surface area contributed by atoms with E-state index in [0.29, 0.717) is 0 Å². The van der Waals surface area contributed by atoms with Crippen molar-refractivity contribution in [1.29, 1.82) is 0 Å². The second-order valence-corrected chi connectivity index (χ2v) is 7.01. The number of carbonyl (C=O) groups is 1. The van der Waals surface area contributed by atoms with Crippen LogP contribution in [0, 0.1) is 11.7 Å². The van der Waals surface area contributed by atoms with Gasteiger partial charge < -0.3 is 10.4 Å². The highest BCUT2D eigenvalue weighted by atomic mass is 19.1. The molecule has 0 heterocycles. The molecule has 0 radical (unpaired) electrons. The first-order chi connectivity index (χ1) is 11.4. The van der Waals surface area contributed by atoms with E-state index >= 15 is 0 Å². The number of nitrogens with one attached hydrogen (secondary N) is 1. The average Bonchev–Trinajstić information content (AvgIpc) is 2.56. The minimum Gasteiger partial charge on any atom is -0.393 e. The molecular formula is C19H29FN2O2. The van der Waals surface area contributed by atoms with Crippen LogP contribution in [0.3, 0.4) is 0 Å². The number of hydrogen-bond acceptors (Lipinski definition) is 3. The van der Waals surface area contributed by atoms with Crippen LogP contribution in [0.2, 0.25) is 0 Å². The van der Waals surface area contributed by atoms with E-state index in [1.807, 2.05) is 25.8 Å². The van der Waals surface area contributed by atoms with Gasteiger partial charge in [-0.05, 0) is 57.4 Å². The van der Waals surface area contributed by atoms with Crippen molar-refractivity contribution in [3.8, 4) is 0 Å². The van der Waals surface area contributed by atoms with Gasteiger partial charge in [0.2, 0.25) is 5.91 Å². The summed E-state index contributed by atoms with van der Waals surface area (Å²) in [5, 5.41) is 13.1. The molecule has 0 saturated heterocycles. The van der Waals surface area contributed by atoms with Gasteiger partial charge in [0.1, 0.15) is 5.82 Å². The molecule has 24 heavy (non-hydrogen) atoms. The van der Waals surface area contributed by atoms with Gasteiger partial charge in [-0.3, -0.25) is 9.69 Å². The highest BCUT2D eigenvalue weighted by Crippen LogP contribution is 2.25. The van der Waals surface area contributed by atoms with Gasteiger partial charge in [-0.2, -0.15) is 0 Å². The zero-order chi connectivity index (χ0) is 17.7. The second-order valence-electron chi connectivity index (χ2n) is 7.01. The highest BCUT2D eigenvalue weighted by molar-refractivity contribution is 5.81. The summed E-state index contributed by atoms with van der Waals surface area (Å²) in [6.45, 7) is 4.49. The Hall–Kier alpha value is -1.46. The van der Waals surface area contributed by atoms with Crippen LogP contribution in [0.25, 0.3) is 0 Å². The van der Waals surface area contributed by atoms with Gasteiger partial charge in [-0.1, -0.05) is 25.0 Å². The molecule has 134 valence electrons. The average molecular weight is 336 g/mol. The van der Waals surface area contributed by atoms with E-state index in [1.165, 1.54) is 12.1 Å². The van der Waals surface area contributed by atoms with Crippen molar-refractivity contribution in [2.45, 2.75) is 57.7 Å². The lowest BCUT2D eigenvalue weighted by atomic mass is 9.86. The molecule has 1 saturated carbocycles. The molecule has 1 fully saturated rings. The Morgan fingerprint density at radius 2 is 1.92 bits per heavy atom. The summed E-state index contributed by atoms with van der Waals surface area (Å²) in [7, 11) is 1.92. The number of aliphatic hydroxyl groups is 1. The Bertz CT molecular complexity index is 535. The van der Waals surface area contributed by atoms with Crippen LogP contribution >= 0.6 is 0 Å². The van der Waals surface area contributed by atoms with Crippen LogP contribution in [0.4, 0.5) is 4.39 Å². The first-order valence-corrected chi connectivity index (χ1v) is 8.82. The Labute approximate surface area is 144 Å². The lowest BCUT2D eigenvalue weighted by Crippen LogP contribution is -2.47. The number of halogens is 1. The van der Waals surface area contributed by atoms with E-state index in [1.54, 1.807) is 12.1 Å². The van der Waals surface area contributed by atoms with E-state index in [0.717, 1.165) is 37.8 Å². The summed E-state index contributed by atoms with van der Waals surface area (Å²) in [4.78, 5) is 14.5. The maximum atomic E-state index is 13.0. The molecule has 4 atom stereocenters. The number of rotatable bonds is 6. The molecule has 5 heteroatoms. The van der Waals surface area contributed by atoms with Crippen LogP contribution in [0.15, 0.2) is 24.3 Å². The zero-order valence-electron chi connectivity index (χ0n) is 14.8. The van der Waals surface area contributed by atoms with Crippen molar-refractivity contribution in [3.05, 3.63) is 35.6 Å². The van der Waals surface area contributed by atoms with Crippen LogP contribution in [0.1, 0.15) is 51.1 Å². The predicted molar refractivity (Wildman–Crippen MR) is 93.0 cm³/mol. The number of hydrogen-bond donors (Lipinski definition) is 2. The molecule has 4 nitrogen and oxygen atoms in total. The van der Waals surface area contributed by atoms with Crippen molar-refractivity contribution < 1.29 is 14.3 Å². The fourth-order valence-electron chi connectivity index (χ4n) is 3.30. The smallest absolute Gasteiger partial charge is 0.237 e. The van der Waals surface area contributed by atoms with Crippen molar-refractivity contribution in [2.24, 2.45) is 5.92 Å². The molecule has 2 N–H and O–H groups in total. The fraction of sp³-hybridized carbons (Fsp3) is 0.632. The summed E-state index contributed by atoms with van der Waals surface area (Å²) >= 11 is 0. The summed E-state index contributed by atoms with van der Waals surface area (Å²) in [6, 6.07) is 5.73. The molecule has 1 amide bonds. The molecule has 1 aromatic carbocycles. The Kier molecular flexibility index (Phi) is 6.75. The van der Waals surface area contributed by atoms with Gasteiger partial charge in [0.15, 0.2) is 0 Å². The monoisotopic (exact) mass is 336 g/mol. The first-order valence-electron chi connectivity index (χ1n) is 8.82. The van der Waals surface area contributed by atoms with Crippen LogP contribution < -0.4 is 5.32 Å². The predicted octanol–water partition coefficient (Wildman–Crippen LogP) is 2.87. The van der Waals surface area contributed by atoms with Gasteiger partial charge in [-0.25, -0.2) is 4.39 Å². The largest absolute Gasteiger partial charge is 0.393 e. The number of amides is 1. The highest BCUT2D eigenvalue weighted by Gasteiger charge is 2.27. The number of nitrogens with zero attached hydrogens (tertiary/aromatic N) is 1. The quantitative estimate of drug-likeness (QED) is 0.840. The SMILES string of the molecule is CC(NC(=O)C(C)N(C)CC1CCCCC1O)c1ccc(F)cc1. The van der Waals surface area contributed by atoms with Gasteiger partial charge >= 0.3 is 0 Å². The summed E-state index contributed by atoms with van der Waals surface area (Å²) < 4.78 is 13.0. The molecule has 0 aliphatic heterocycles. The van der Waals surface area contributed by atoms with Crippen molar-refractivity contribution in [3.63, 3.8) is 0 Å². The Morgan fingerprint density at radius 3 is 2.54 bits per heavy atom. The molecule has 2 rings (SSSR count). The molecule has 0 spiro atoms. The van der Waals surface area contributed by atoms with E-state index in [-0.39, 0.29) is 35.8 Å². The normalized spacial score (nSPS) is 23.8. The minimum atomic E-state index is -0.281.